The number of rotatable bonds is 4. The van der Waals surface area contributed by atoms with Crippen LogP contribution in [0.1, 0.15) is 29.8 Å². The molecule has 1 atom stereocenters. The lowest BCUT2D eigenvalue weighted by atomic mass is 10.1. The van der Waals surface area contributed by atoms with Crippen LogP contribution in [0.4, 0.5) is 0 Å². The van der Waals surface area contributed by atoms with Crippen molar-refractivity contribution in [3.8, 4) is 0 Å². The summed E-state index contributed by atoms with van der Waals surface area (Å²) in [5.74, 6) is 0.0353. The molecule has 2 heterocycles. The molecule has 0 unspecified atom stereocenters. The van der Waals surface area contributed by atoms with E-state index in [2.05, 4.69) is 24.8 Å². The van der Waals surface area contributed by atoms with E-state index in [4.69, 9.17) is 9.52 Å². The fourth-order valence-electron chi connectivity index (χ4n) is 3.30. The summed E-state index contributed by atoms with van der Waals surface area (Å²) in [5, 5.41) is 9.97. The Kier molecular flexibility index (Phi) is 4.68. The lowest BCUT2D eigenvalue weighted by Crippen LogP contribution is -2.54. The Bertz CT molecular complexity index is 695. The lowest BCUT2D eigenvalue weighted by Gasteiger charge is -2.39. The summed E-state index contributed by atoms with van der Waals surface area (Å²) in [7, 11) is 0. The molecule has 1 fully saturated rings. The van der Waals surface area contributed by atoms with Crippen LogP contribution in [-0.2, 0) is 6.42 Å². The molecule has 3 rings (SSSR count). The van der Waals surface area contributed by atoms with Gasteiger partial charge in [-0.05, 0) is 31.0 Å². The molecule has 1 aromatic carbocycles. The fraction of sp³-hybridized carbons (Fsp3) is 0.500. The van der Waals surface area contributed by atoms with Crippen molar-refractivity contribution >= 4 is 16.9 Å². The third-order valence-corrected chi connectivity index (χ3v) is 4.67. The summed E-state index contributed by atoms with van der Waals surface area (Å²) in [6.07, 6.45) is 2.52. The molecule has 1 amide bonds. The number of amides is 1. The van der Waals surface area contributed by atoms with E-state index >= 15 is 0 Å². The fourth-order valence-corrected chi connectivity index (χ4v) is 3.30. The second-order valence-corrected chi connectivity index (χ2v) is 6.21. The molecule has 0 spiro atoms. The normalized spacial score (nSPS) is 19.4. The Morgan fingerprint density at radius 1 is 1.39 bits per heavy atom. The van der Waals surface area contributed by atoms with Gasteiger partial charge in [-0.3, -0.25) is 9.69 Å². The first-order valence-corrected chi connectivity index (χ1v) is 8.28. The first-order chi connectivity index (χ1) is 11.1. The highest BCUT2D eigenvalue weighted by atomic mass is 16.3. The highest BCUT2D eigenvalue weighted by Gasteiger charge is 2.29. The molecule has 5 heteroatoms. The number of aliphatic hydroxyl groups excluding tert-OH is 1. The first kappa shape index (κ1) is 16.0. The predicted octanol–water partition coefficient (Wildman–Crippen LogP) is 2.13. The minimum absolute atomic E-state index is 0.0353. The first-order valence-electron chi connectivity index (χ1n) is 8.28. The largest absolute Gasteiger partial charge is 0.463 e. The van der Waals surface area contributed by atoms with E-state index < -0.39 is 0 Å². The van der Waals surface area contributed by atoms with Crippen molar-refractivity contribution in [3.05, 3.63) is 35.6 Å². The van der Waals surface area contributed by atoms with E-state index in [1.165, 1.54) is 5.56 Å². The summed E-state index contributed by atoms with van der Waals surface area (Å²) >= 11 is 0. The molecule has 1 N–H and O–H groups in total. The molecule has 1 aromatic heterocycles. The standard InChI is InChI=1S/C18H24N2O3/c1-3-14-4-5-17-15(10-14)16(12-23-17)18(22)20-7-6-19(8-9-21)11-13(20)2/h4-5,10,12-13,21H,3,6-9,11H2,1-2H3/t13-/m0/s1. The quantitative estimate of drug-likeness (QED) is 0.939. The van der Waals surface area contributed by atoms with Crippen LogP contribution >= 0.6 is 0 Å². The Labute approximate surface area is 136 Å². The second kappa shape index (κ2) is 6.72. The highest BCUT2D eigenvalue weighted by molar-refractivity contribution is 6.06. The van der Waals surface area contributed by atoms with Gasteiger partial charge in [0.1, 0.15) is 11.8 Å². The summed E-state index contributed by atoms with van der Waals surface area (Å²) < 4.78 is 5.56. The summed E-state index contributed by atoms with van der Waals surface area (Å²) in [6, 6.07) is 6.16. The van der Waals surface area contributed by atoms with Gasteiger partial charge in [-0.1, -0.05) is 13.0 Å². The topological polar surface area (TPSA) is 56.9 Å². The predicted molar refractivity (Wildman–Crippen MR) is 89.6 cm³/mol. The molecule has 2 aromatic rings. The van der Waals surface area contributed by atoms with Crippen molar-refractivity contribution in [2.45, 2.75) is 26.3 Å². The molecule has 124 valence electrons. The number of hydrogen-bond donors (Lipinski definition) is 1. The van der Waals surface area contributed by atoms with Gasteiger partial charge in [-0.15, -0.1) is 0 Å². The number of aryl methyl sites for hydroxylation is 1. The van der Waals surface area contributed by atoms with Crippen LogP contribution in [0.5, 0.6) is 0 Å². The van der Waals surface area contributed by atoms with Gasteiger partial charge in [0.05, 0.1) is 12.2 Å². The lowest BCUT2D eigenvalue weighted by molar-refractivity contribution is 0.0459. The van der Waals surface area contributed by atoms with Crippen molar-refractivity contribution in [2.75, 3.05) is 32.8 Å². The van der Waals surface area contributed by atoms with Gasteiger partial charge in [0, 0.05) is 37.6 Å². The molecule has 5 nitrogen and oxygen atoms in total. The van der Waals surface area contributed by atoms with E-state index in [9.17, 15) is 4.79 Å². The molecule has 0 radical (unpaired) electrons. The molecule has 0 saturated carbocycles. The van der Waals surface area contributed by atoms with Gasteiger partial charge in [-0.2, -0.15) is 0 Å². The average molecular weight is 316 g/mol. The van der Waals surface area contributed by atoms with E-state index in [1.807, 2.05) is 17.0 Å². The van der Waals surface area contributed by atoms with Crippen LogP contribution in [0.15, 0.2) is 28.9 Å². The summed E-state index contributed by atoms with van der Waals surface area (Å²) in [4.78, 5) is 17.1. The van der Waals surface area contributed by atoms with Gasteiger partial charge in [0.25, 0.3) is 5.91 Å². The van der Waals surface area contributed by atoms with Gasteiger partial charge in [-0.25, -0.2) is 0 Å². The van der Waals surface area contributed by atoms with Crippen LogP contribution in [-0.4, -0.2) is 59.6 Å². The smallest absolute Gasteiger partial charge is 0.258 e. The van der Waals surface area contributed by atoms with Crippen LogP contribution < -0.4 is 0 Å². The van der Waals surface area contributed by atoms with Gasteiger partial charge in [0.2, 0.25) is 0 Å². The van der Waals surface area contributed by atoms with Crippen molar-refractivity contribution in [2.24, 2.45) is 0 Å². The maximum absolute atomic E-state index is 12.9. The second-order valence-electron chi connectivity index (χ2n) is 6.21. The molecule has 1 saturated heterocycles. The molecule has 1 aliphatic heterocycles. The number of hydrogen-bond acceptors (Lipinski definition) is 4. The van der Waals surface area contributed by atoms with Crippen molar-refractivity contribution in [1.82, 2.24) is 9.80 Å². The Morgan fingerprint density at radius 2 is 2.22 bits per heavy atom. The highest BCUT2D eigenvalue weighted by Crippen LogP contribution is 2.25. The molecule has 0 aliphatic carbocycles. The number of β-amino-alcohol motifs (C(OH)–C–C–N with tert-alkyl or cyclic N) is 1. The maximum atomic E-state index is 12.9. The number of aliphatic hydroxyl groups is 1. The Balaban J connectivity index is 1.83. The zero-order valence-corrected chi connectivity index (χ0v) is 13.8. The molecule has 0 bridgehead atoms. The Hall–Kier alpha value is -1.85. The van der Waals surface area contributed by atoms with Crippen LogP contribution in [0.25, 0.3) is 11.0 Å². The minimum Gasteiger partial charge on any atom is -0.463 e. The maximum Gasteiger partial charge on any atom is 0.258 e. The van der Waals surface area contributed by atoms with Gasteiger partial charge >= 0.3 is 0 Å². The van der Waals surface area contributed by atoms with E-state index in [0.717, 1.165) is 30.5 Å². The monoisotopic (exact) mass is 316 g/mol. The molecule has 1 aliphatic rings. The zero-order chi connectivity index (χ0) is 16.4. The van der Waals surface area contributed by atoms with Crippen molar-refractivity contribution in [1.29, 1.82) is 0 Å². The molecular formula is C18H24N2O3. The SMILES string of the molecule is CCc1ccc2occ(C(=O)N3CCN(CCO)C[C@@H]3C)c2c1. The third kappa shape index (κ3) is 3.12. The number of piperazine rings is 1. The zero-order valence-electron chi connectivity index (χ0n) is 13.8. The number of furan rings is 1. The molecule has 23 heavy (non-hydrogen) atoms. The van der Waals surface area contributed by atoms with Crippen molar-refractivity contribution < 1.29 is 14.3 Å². The van der Waals surface area contributed by atoms with E-state index in [-0.39, 0.29) is 18.6 Å². The average Bonchev–Trinajstić information content (AvgIpc) is 2.97. The third-order valence-electron chi connectivity index (χ3n) is 4.67. The minimum atomic E-state index is 0.0353. The number of benzene rings is 1. The van der Waals surface area contributed by atoms with Crippen LogP contribution in [0.3, 0.4) is 0 Å². The number of fused-ring (bicyclic) bond motifs is 1. The van der Waals surface area contributed by atoms with E-state index in [1.54, 1.807) is 6.26 Å². The Morgan fingerprint density at radius 3 is 2.91 bits per heavy atom. The number of carbonyl (C=O) groups is 1. The van der Waals surface area contributed by atoms with Crippen LogP contribution in [0, 0.1) is 0 Å². The summed E-state index contributed by atoms with van der Waals surface area (Å²) in [6.45, 7) is 7.26. The van der Waals surface area contributed by atoms with Crippen molar-refractivity contribution in [3.63, 3.8) is 0 Å². The summed E-state index contributed by atoms with van der Waals surface area (Å²) in [5.41, 5.74) is 2.61. The van der Waals surface area contributed by atoms with Gasteiger partial charge in [0.15, 0.2) is 0 Å². The van der Waals surface area contributed by atoms with Gasteiger partial charge < -0.3 is 14.4 Å². The van der Waals surface area contributed by atoms with Crippen LogP contribution in [0.2, 0.25) is 0 Å². The number of carbonyl (C=O) groups excluding carboxylic acids is 1. The number of nitrogens with zero attached hydrogens (tertiary/aromatic N) is 2. The molecular weight excluding hydrogens is 292 g/mol. The van der Waals surface area contributed by atoms with E-state index in [0.29, 0.717) is 18.7 Å².